The van der Waals surface area contributed by atoms with Crippen LogP contribution in [0.5, 0.6) is 0 Å². The molecule has 0 spiro atoms. The Labute approximate surface area is 113 Å². The van der Waals surface area contributed by atoms with E-state index < -0.39 is 5.82 Å². The van der Waals surface area contributed by atoms with Crippen molar-refractivity contribution in [1.29, 1.82) is 5.26 Å². The number of benzene rings is 1. The summed E-state index contributed by atoms with van der Waals surface area (Å²) in [6, 6.07) is 4.53. The first-order valence-electron chi connectivity index (χ1n) is 5.23. The number of rotatable bonds is 1. The van der Waals surface area contributed by atoms with Gasteiger partial charge < -0.3 is 11.5 Å². The molecule has 2 rings (SSSR count). The molecule has 5 nitrogen and oxygen atoms in total. The first-order valence-corrected chi connectivity index (χ1v) is 5.61. The van der Waals surface area contributed by atoms with Crippen molar-refractivity contribution in [2.45, 2.75) is 6.92 Å². The lowest BCUT2D eigenvalue weighted by Crippen LogP contribution is -2.05. The topological polar surface area (TPSA) is 102 Å². The van der Waals surface area contributed by atoms with E-state index in [9.17, 15) is 4.39 Å². The minimum atomic E-state index is -0.442. The molecule has 7 heteroatoms. The van der Waals surface area contributed by atoms with E-state index >= 15 is 0 Å². The summed E-state index contributed by atoms with van der Waals surface area (Å²) in [5, 5.41) is 9.22. The van der Waals surface area contributed by atoms with Gasteiger partial charge in [-0.15, -0.1) is 0 Å². The molecule has 0 radical (unpaired) electrons. The smallest absolute Gasteiger partial charge is 0.222 e. The van der Waals surface area contributed by atoms with Crippen molar-refractivity contribution in [1.82, 2.24) is 9.97 Å². The van der Waals surface area contributed by atoms with Gasteiger partial charge in [-0.3, -0.25) is 0 Å². The predicted molar refractivity (Wildman–Crippen MR) is 70.7 cm³/mol. The van der Waals surface area contributed by atoms with Gasteiger partial charge in [0.25, 0.3) is 0 Å². The molecule has 2 aromatic rings. The molecule has 0 saturated heterocycles. The van der Waals surface area contributed by atoms with Crippen LogP contribution in [-0.4, -0.2) is 9.97 Å². The van der Waals surface area contributed by atoms with Gasteiger partial charge in [-0.1, -0.05) is 11.6 Å². The highest BCUT2D eigenvalue weighted by atomic mass is 35.5. The molecule has 0 atom stereocenters. The number of nitrogens with zero attached hydrogens (tertiary/aromatic N) is 3. The van der Waals surface area contributed by atoms with Crippen molar-refractivity contribution in [3.05, 3.63) is 34.1 Å². The Morgan fingerprint density at radius 1 is 1.32 bits per heavy atom. The van der Waals surface area contributed by atoms with E-state index in [4.69, 9.17) is 28.3 Å². The fourth-order valence-electron chi connectivity index (χ4n) is 1.64. The minimum absolute atomic E-state index is 0.0388. The summed E-state index contributed by atoms with van der Waals surface area (Å²) in [5.74, 6) is -0.560. The number of halogens is 2. The Kier molecular flexibility index (Phi) is 3.23. The van der Waals surface area contributed by atoms with Crippen molar-refractivity contribution in [2.24, 2.45) is 0 Å². The number of nitrogen functional groups attached to an aromatic ring is 2. The van der Waals surface area contributed by atoms with E-state index in [0.29, 0.717) is 11.1 Å². The Balaban J connectivity index is 2.79. The second kappa shape index (κ2) is 4.71. The molecular weight excluding hydrogens is 269 g/mol. The molecule has 0 aliphatic heterocycles. The monoisotopic (exact) mass is 277 g/mol. The van der Waals surface area contributed by atoms with Crippen molar-refractivity contribution in [3.63, 3.8) is 0 Å². The molecule has 0 bridgehead atoms. The normalized spacial score (nSPS) is 10.2. The van der Waals surface area contributed by atoms with E-state index in [2.05, 4.69) is 9.97 Å². The summed E-state index contributed by atoms with van der Waals surface area (Å²) in [7, 11) is 0. The highest BCUT2D eigenvalue weighted by Gasteiger charge is 2.17. The van der Waals surface area contributed by atoms with Gasteiger partial charge in [-0.2, -0.15) is 10.2 Å². The highest BCUT2D eigenvalue weighted by molar-refractivity contribution is 6.33. The molecule has 0 aliphatic rings. The van der Waals surface area contributed by atoms with Gasteiger partial charge in [0.2, 0.25) is 5.95 Å². The third-order valence-electron chi connectivity index (χ3n) is 2.57. The second-order valence-corrected chi connectivity index (χ2v) is 4.29. The number of aromatic nitrogens is 2. The lowest BCUT2D eigenvalue weighted by molar-refractivity contribution is 0.619. The molecular formula is C12H9ClFN5. The number of aryl methyl sites for hydroxylation is 1. The lowest BCUT2D eigenvalue weighted by Gasteiger charge is -2.09. The van der Waals surface area contributed by atoms with Gasteiger partial charge in [0.05, 0.1) is 10.7 Å². The molecule has 0 aliphatic carbocycles. The second-order valence-electron chi connectivity index (χ2n) is 3.88. The molecule has 0 saturated carbocycles. The zero-order valence-electron chi connectivity index (χ0n) is 9.91. The lowest BCUT2D eigenvalue weighted by atomic mass is 10.0. The maximum atomic E-state index is 13.4. The summed E-state index contributed by atoms with van der Waals surface area (Å²) in [4.78, 5) is 7.67. The predicted octanol–water partition coefficient (Wildman–Crippen LogP) is 2.28. The van der Waals surface area contributed by atoms with Crippen LogP contribution in [0, 0.1) is 24.1 Å². The molecule has 4 N–H and O–H groups in total. The first-order chi connectivity index (χ1) is 8.93. The fraction of sp³-hybridized carbons (Fsp3) is 0.0833. The third-order valence-corrected chi connectivity index (χ3v) is 2.88. The summed E-state index contributed by atoms with van der Waals surface area (Å²) in [5.41, 5.74) is 12.1. The Hall–Kier alpha value is -2.39. The molecule has 96 valence electrons. The van der Waals surface area contributed by atoms with Gasteiger partial charge >= 0.3 is 0 Å². The maximum absolute atomic E-state index is 13.4. The van der Waals surface area contributed by atoms with Crippen LogP contribution >= 0.6 is 11.6 Å². The van der Waals surface area contributed by atoms with Gasteiger partial charge in [0, 0.05) is 5.56 Å². The number of hydrogen-bond acceptors (Lipinski definition) is 5. The fourth-order valence-corrected chi connectivity index (χ4v) is 1.88. The summed E-state index contributed by atoms with van der Waals surface area (Å²) in [6.07, 6.45) is 0. The zero-order valence-corrected chi connectivity index (χ0v) is 10.7. The number of nitrogens with two attached hydrogens (primary N) is 2. The van der Waals surface area contributed by atoms with Crippen molar-refractivity contribution in [2.75, 3.05) is 11.5 Å². The Morgan fingerprint density at radius 2 is 2.00 bits per heavy atom. The largest absolute Gasteiger partial charge is 0.382 e. The van der Waals surface area contributed by atoms with Gasteiger partial charge in [0.15, 0.2) is 0 Å². The number of nitriles is 1. The SMILES string of the molecule is Cc1cc(-c2nc(N)nc(N)c2C#N)c(Cl)cc1F. The van der Waals surface area contributed by atoms with Crippen LogP contribution in [0.15, 0.2) is 12.1 Å². The van der Waals surface area contributed by atoms with Gasteiger partial charge in [-0.05, 0) is 24.6 Å². The van der Waals surface area contributed by atoms with E-state index in [0.717, 1.165) is 6.07 Å². The molecule has 1 heterocycles. The molecule has 0 fully saturated rings. The number of hydrogen-bond donors (Lipinski definition) is 2. The standard InChI is InChI=1S/C12H9ClFN5/c1-5-2-6(8(13)3-9(5)14)10-7(4-15)11(16)19-12(17)18-10/h2-3H,1H3,(H4,16,17,18,19). The van der Waals surface area contributed by atoms with Gasteiger partial charge in [0.1, 0.15) is 23.3 Å². The number of anilines is 2. The quantitative estimate of drug-likeness (QED) is 0.832. The van der Waals surface area contributed by atoms with Crippen molar-refractivity contribution in [3.8, 4) is 17.3 Å². The summed E-state index contributed by atoms with van der Waals surface area (Å²) in [6.45, 7) is 1.58. The average molecular weight is 278 g/mol. The summed E-state index contributed by atoms with van der Waals surface area (Å²) >= 11 is 5.98. The van der Waals surface area contributed by atoms with Crippen LogP contribution in [0.1, 0.15) is 11.1 Å². The van der Waals surface area contributed by atoms with E-state index in [1.807, 2.05) is 6.07 Å². The van der Waals surface area contributed by atoms with E-state index in [-0.39, 0.29) is 28.0 Å². The maximum Gasteiger partial charge on any atom is 0.222 e. The van der Waals surface area contributed by atoms with Crippen LogP contribution < -0.4 is 11.5 Å². The van der Waals surface area contributed by atoms with Crippen LogP contribution in [0.25, 0.3) is 11.3 Å². The molecule has 1 aromatic carbocycles. The van der Waals surface area contributed by atoms with Crippen molar-refractivity contribution < 1.29 is 4.39 Å². The molecule has 19 heavy (non-hydrogen) atoms. The molecule has 0 amide bonds. The Bertz CT molecular complexity index is 708. The highest BCUT2D eigenvalue weighted by Crippen LogP contribution is 2.32. The van der Waals surface area contributed by atoms with Gasteiger partial charge in [-0.25, -0.2) is 9.37 Å². The Morgan fingerprint density at radius 3 is 2.63 bits per heavy atom. The third kappa shape index (κ3) is 2.28. The van der Waals surface area contributed by atoms with Crippen LogP contribution in [0.2, 0.25) is 5.02 Å². The molecule has 0 unspecified atom stereocenters. The van der Waals surface area contributed by atoms with Crippen molar-refractivity contribution >= 4 is 23.4 Å². The van der Waals surface area contributed by atoms with E-state index in [1.165, 1.54) is 6.07 Å². The first kappa shape index (κ1) is 13.1. The minimum Gasteiger partial charge on any atom is -0.382 e. The summed E-state index contributed by atoms with van der Waals surface area (Å²) < 4.78 is 13.4. The van der Waals surface area contributed by atoms with Crippen LogP contribution in [0.3, 0.4) is 0 Å². The zero-order chi connectivity index (χ0) is 14.2. The van der Waals surface area contributed by atoms with E-state index in [1.54, 1.807) is 6.92 Å². The van der Waals surface area contributed by atoms with Crippen LogP contribution in [0.4, 0.5) is 16.2 Å². The molecule has 1 aromatic heterocycles. The van der Waals surface area contributed by atoms with Crippen LogP contribution in [-0.2, 0) is 0 Å². The average Bonchev–Trinajstić information content (AvgIpc) is 2.33.